The lowest BCUT2D eigenvalue weighted by atomic mass is 10.1. The second-order valence-corrected chi connectivity index (χ2v) is 6.39. The molecule has 0 aliphatic heterocycles. The number of nitrogens with one attached hydrogen (secondary N) is 2. The minimum absolute atomic E-state index is 0.127. The van der Waals surface area contributed by atoms with Crippen molar-refractivity contribution in [1.29, 1.82) is 0 Å². The van der Waals surface area contributed by atoms with Crippen LogP contribution < -0.4 is 15.4 Å². The topological polar surface area (TPSA) is 50.4 Å². The molecule has 0 unspecified atom stereocenters. The summed E-state index contributed by atoms with van der Waals surface area (Å²) in [6.07, 6.45) is 0. The van der Waals surface area contributed by atoms with Gasteiger partial charge < -0.3 is 15.4 Å². The highest BCUT2D eigenvalue weighted by atomic mass is 16.5. The summed E-state index contributed by atoms with van der Waals surface area (Å²) in [5, 5.41) is 6.39. The molecule has 0 bridgehead atoms. The van der Waals surface area contributed by atoms with Crippen LogP contribution in [0.5, 0.6) is 5.75 Å². The summed E-state index contributed by atoms with van der Waals surface area (Å²) in [5.41, 5.74) is 3.76. The van der Waals surface area contributed by atoms with Gasteiger partial charge in [-0.2, -0.15) is 0 Å². The van der Waals surface area contributed by atoms with E-state index in [1.165, 1.54) is 5.56 Å². The summed E-state index contributed by atoms with van der Waals surface area (Å²) < 4.78 is 5.12. The summed E-state index contributed by atoms with van der Waals surface area (Å²) >= 11 is 0. The molecule has 0 aliphatic rings. The van der Waals surface area contributed by atoms with Crippen LogP contribution in [0.25, 0.3) is 0 Å². The number of hydrogen-bond acceptors (Lipinski definition) is 3. The Labute approximate surface area is 160 Å². The molecule has 27 heavy (non-hydrogen) atoms. The smallest absolute Gasteiger partial charge is 0.255 e. The van der Waals surface area contributed by atoms with E-state index < -0.39 is 0 Å². The van der Waals surface area contributed by atoms with Gasteiger partial charge in [-0.1, -0.05) is 42.5 Å². The van der Waals surface area contributed by atoms with Crippen LogP contribution in [0.15, 0.2) is 78.9 Å². The normalized spacial score (nSPS) is 11.6. The number of ether oxygens (including phenoxy) is 1. The maximum atomic E-state index is 12.4. The van der Waals surface area contributed by atoms with Crippen molar-refractivity contribution in [3.8, 4) is 5.75 Å². The maximum absolute atomic E-state index is 12.4. The molecule has 3 rings (SSSR count). The van der Waals surface area contributed by atoms with Gasteiger partial charge in [-0.3, -0.25) is 4.79 Å². The molecule has 0 saturated heterocycles. The number of anilines is 1. The van der Waals surface area contributed by atoms with Gasteiger partial charge in [-0.25, -0.2) is 0 Å². The van der Waals surface area contributed by atoms with E-state index in [0.29, 0.717) is 5.56 Å². The number of amides is 1. The summed E-state index contributed by atoms with van der Waals surface area (Å²) in [5.74, 6) is 0.631. The van der Waals surface area contributed by atoms with Crippen molar-refractivity contribution in [2.45, 2.75) is 19.5 Å². The standard InChI is InChI=1S/C23H24N2O2/c1-17(19-6-4-3-5-7-19)24-16-18-8-10-20(11-9-18)23(26)25-21-12-14-22(27-2)15-13-21/h3-15,17,24H,16H2,1-2H3,(H,25,26)/t17-/m1/s1. The van der Waals surface area contributed by atoms with E-state index in [-0.39, 0.29) is 11.9 Å². The summed E-state index contributed by atoms with van der Waals surface area (Å²) in [7, 11) is 1.62. The zero-order chi connectivity index (χ0) is 19.1. The first-order valence-corrected chi connectivity index (χ1v) is 8.98. The van der Waals surface area contributed by atoms with Crippen molar-refractivity contribution in [2.75, 3.05) is 12.4 Å². The van der Waals surface area contributed by atoms with E-state index in [0.717, 1.165) is 23.5 Å². The zero-order valence-corrected chi connectivity index (χ0v) is 15.6. The number of carbonyl (C=O) groups is 1. The van der Waals surface area contributed by atoms with Crippen molar-refractivity contribution in [2.24, 2.45) is 0 Å². The van der Waals surface area contributed by atoms with Crippen LogP contribution in [0.4, 0.5) is 5.69 Å². The fourth-order valence-corrected chi connectivity index (χ4v) is 2.78. The molecule has 1 amide bonds. The third-order valence-electron chi connectivity index (χ3n) is 4.48. The minimum Gasteiger partial charge on any atom is -0.497 e. The molecule has 0 radical (unpaired) electrons. The van der Waals surface area contributed by atoms with Crippen molar-refractivity contribution >= 4 is 11.6 Å². The fourth-order valence-electron chi connectivity index (χ4n) is 2.78. The second-order valence-electron chi connectivity index (χ2n) is 6.39. The van der Waals surface area contributed by atoms with Gasteiger partial charge in [0.2, 0.25) is 0 Å². The lowest BCUT2D eigenvalue weighted by molar-refractivity contribution is 0.102. The molecule has 2 N–H and O–H groups in total. The first kappa shape index (κ1) is 18.7. The molecule has 138 valence electrons. The molecule has 4 heteroatoms. The summed E-state index contributed by atoms with van der Waals surface area (Å²) in [6.45, 7) is 2.89. The van der Waals surface area contributed by atoms with Gasteiger partial charge in [0.1, 0.15) is 5.75 Å². The number of carbonyl (C=O) groups excluding carboxylic acids is 1. The Hall–Kier alpha value is -3.11. The zero-order valence-electron chi connectivity index (χ0n) is 15.6. The van der Waals surface area contributed by atoms with Crippen LogP contribution in [-0.4, -0.2) is 13.0 Å². The first-order valence-electron chi connectivity index (χ1n) is 8.98. The van der Waals surface area contributed by atoms with E-state index in [1.54, 1.807) is 7.11 Å². The van der Waals surface area contributed by atoms with E-state index in [1.807, 2.05) is 66.7 Å². The first-order chi connectivity index (χ1) is 13.2. The largest absolute Gasteiger partial charge is 0.497 e. The van der Waals surface area contributed by atoms with Gasteiger partial charge in [-0.05, 0) is 54.4 Å². The lowest BCUT2D eigenvalue weighted by Crippen LogP contribution is -2.18. The molecular formula is C23H24N2O2. The monoisotopic (exact) mass is 360 g/mol. The molecule has 0 aromatic heterocycles. The van der Waals surface area contributed by atoms with Crippen LogP contribution in [0.1, 0.15) is 34.5 Å². The Morgan fingerprint density at radius 2 is 1.59 bits per heavy atom. The van der Waals surface area contributed by atoms with Crippen LogP contribution in [-0.2, 0) is 6.54 Å². The van der Waals surface area contributed by atoms with Gasteiger partial charge in [0.15, 0.2) is 0 Å². The van der Waals surface area contributed by atoms with Crippen LogP contribution in [0, 0.1) is 0 Å². The third kappa shape index (κ3) is 5.19. The highest BCUT2D eigenvalue weighted by Gasteiger charge is 2.07. The third-order valence-corrected chi connectivity index (χ3v) is 4.48. The van der Waals surface area contributed by atoms with E-state index in [4.69, 9.17) is 4.74 Å². The lowest BCUT2D eigenvalue weighted by Gasteiger charge is -2.14. The fraction of sp³-hybridized carbons (Fsp3) is 0.174. The Morgan fingerprint density at radius 3 is 2.22 bits per heavy atom. The summed E-state index contributed by atoms with van der Waals surface area (Å²) in [4.78, 5) is 12.4. The SMILES string of the molecule is COc1ccc(NC(=O)c2ccc(CN[C@H](C)c3ccccc3)cc2)cc1. The number of rotatable bonds is 7. The van der Waals surface area contributed by atoms with Gasteiger partial charge in [0.05, 0.1) is 7.11 Å². The van der Waals surface area contributed by atoms with Crippen molar-refractivity contribution in [3.05, 3.63) is 95.6 Å². The number of benzene rings is 3. The Bertz CT molecular complexity index is 859. The molecule has 0 aliphatic carbocycles. The predicted molar refractivity (Wildman–Crippen MR) is 109 cm³/mol. The number of hydrogen-bond donors (Lipinski definition) is 2. The molecular weight excluding hydrogens is 336 g/mol. The quantitative estimate of drug-likeness (QED) is 0.636. The summed E-state index contributed by atoms with van der Waals surface area (Å²) in [6, 6.07) is 25.5. The predicted octanol–water partition coefficient (Wildman–Crippen LogP) is 4.80. The molecule has 0 saturated carbocycles. The van der Waals surface area contributed by atoms with Crippen LogP contribution in [0.2, 0.25) is 0 Å². The molecule has 0 fully saturated rings. The van der Waals surface area contributed by atoms with Crippen LogP contribution >= 0.6 is 0 Å². The Balaban J connectivity index is 1.55. The van der Waals surface area contributed by atoms with E-state index >= 15 is 0 Å². The van der Waals surface area contributed by atoms with Gasteiger partial charge in [-0.15, -0.1) is 0 Å². The maximum Gasteiger partial charge on any atom is 0.255 e. The Kier molecular flexibility index (Phi) is 6.23. The molecule has 4 nitrogen and oxygen atoms in total. The van der Waals surface area contributed by atoms with Crippen LogP contribution in [0.3, 0.4) is 0 Å². The average Bonchev–Trinajstić information content (AvgIpc) is 2.73. The average molecular weight is 360 g/mol. The molecule has 0 spiro atoms. The minimum atomic E-state index is -0.127. The van der Waals surface area contributed by atoms with Crippen molar-refractivity contribution < 1.29 is 9.53 Å². The van der Waals surface area contributed by atoms with Gasteiger partial charge in [0, 0.05) is 23.8 Å². The molecule has 3 aromatic carbocycles. The van der Waals surface area contributed by atoms with Gasteiger partial charge >= 0.3 is 0 Å². The Morgan fingerprint density at radius 1 is 0.926 bits per heavy atom. The number of methoxy groups -OCH3 is 1. The molecule has 1 atom stereocenters. The van der Waals surface area contributed by atoms with Gasteiger partial charge in [0.25, 0.3) is 5.91 Å². The highest BCUT2D eigenvalue weighted by Crippen LogP contribution is 2.16. The van der Waals surface area contributed by atoms with Crippen molar-refractivity contribution in [3.63, 3.8) is 0 Å². The highest BCUT2D eigenvalue weighted by molar-refractivity contribution is 6.04. The van der Waals surface area contributed by atoms with Crippen molar-refractivity contribution in [1.82, 2.24) is 5.32 Å². The molecule has 3 aromatic rings. The van der Waals surface area contributed by atoms with E-state index in [9.17, 15) is 4.79 Å². The molecule has 0 heterocycles. The second kappa shape index (κ2) is 9.01. The van der Waals surface area contributed by atoms with E-state index in [2.05, 4.69) is 29.7 Å².